The van der Waals surface area contributed by atoms with Crippen molar-refractivity contribution < 1.29 is 14.0 Å². The Labute approximate surface area is 166 Å². The van der Waals surface area contributed by atoms with Gasteiger partial charge in [0.15, 0.2) is 5.76 Å². The Hall–Kier alpha value is -2.51. The third-order valence-corrected chi connectivity index (χ3v) is 5.90. The Bertz CT molecular complexity index is 931. The molecule has 0 saturated heterocycles. The predicted octanol–water partition coefficient (Wildman–Crippen LogP) is 4.90. The van der Waals surface area contributed by atoms with Gasteiger partial charge in [-0.1, -0.05) is 12.1 Å². The minimum atomic E-state index is -0.331. The number of carbonyl (C=O) groups excluding carboxylic acids is 2. The number of nitrogens with one attached hydrogen (secondary N) is 1. The van der Waals surface area contributed by atoms with Gasteiger partial charge in [0.1, 0.15) is 0 Å². The van der Waals surface area contributed by atoms with E-state index in [-0.39, 0.29) is 17.6 Å². The second kappa shape index (κ2) is 8.45. The molecule has 0 radical (unpaired) electrons. The maximum absolute atomic E-state index is 12.8. The zero-order chi connectivity index (χ0) is 19.4. The van der Waals surface area contributed by atoms with E-state index in [0.717, 1.165) is 11.1 Å². The first-order valence-corrected chi connectivity index (χ1v) is 10.4. The summed E-state index contributed by atoms with van der Waals surface area (Å²) in [6.07, 6.45) is 3.48. The van der Waals surface area contributed by atoms with E-state index in [1.165, 1.54) is 22.5 Å². The summed E-state index contributed by atoms with van der Waals surface area (Å²) in [5.41, 5.74) is 1.91. The number of amides is 2. The van der Waals surface area contributed by atoms with Gasteiger partial charge in [-0.3, -0.25) is 9.59 Å². The topological polar surface area (TPSA) is 62.6 Å². The second-order valence-corrected chi connectivity index (χ2v) is 8.00. The van der Waals surface area contributed by atoms with Crippen molar-refractivity contribution in [1.82, 2.24) is 4.90 Å². The van der Waals surface area contributed by atoms with Crippen LogP contribution in [0.4, 0.5) is 5.00 Å². The van der Waals surface area contributed by atoms with Gasteiger partial charge >= 0.3 is 0 Å². The van der Waals surface area contributed by atoms with Crippen molar-refractivity contribution in [3.05, 3.63) is 70.5 Å². The molecule has 3 aromatic rings. The maximum atomic E-state index is 12.8. The van der Waals surface area contributed by atoms with E-state index in [2.05, 4.69) is 17.4 Å². The first-order valence-electron chi connectivity index (χ1n) is 8.31. The highest BCUT2D eigenvalue weighted by Crippen LogP contribution is 2.28. The van der Waals surface area contributed by atoms with Crippen LogP contribution in [-0.2, 0) is 6.54 Å². The molecule has 2 amide bonds. The van der Waals surface area contributed by atoms with Crippen molar-refractivity contribution in [2.24, 2.45) is 0 Å². The molecule has 0 saturated carbocycles. The Morgan fingerprint density at radius 3 is 2.59 bits per heavy atom. The number of hydrogen-bond acceptors (Lipinski definition) is 5. The van der Waals surface area contributed by atoms with E-state index in [4.69, 9.17) is 4.42 Å². The van der Waals surface area contributed by atoms with Gasteiger partial charge in [-0.05, 0) is 54.6 Å². The Kier molecular flexibility index (Phi) is 6.03. The molecule has 5 nitrogen and oxygen atoms in total. The molecule has 0 fully saturated rings. The zero-order valence-corrected chi connectivity index (χ0v) is 16.9. The summed E-state index contributed by atoms with van der Waals surface area (Å²) in [5.74, 6) is -0.160. The van der Waals surface area contributed by atoms with Crippen molar-refractivity contribution in [3.8, 4) is 0 Å². The predicted molar refractivity (Wildman–Crippen MR) is 110 cm³/mol. The highest BCUT2D eigenvalue weighted by atomic mass is 32.2. The van der Waals surface area contributed by atoms with Gasteiger partial charge in [0, 0.05) is 18.5 Å². The molecule has 0 spiro atoms. The number of thioether (sulfide) groups is 1. The van der Waals surface area contributed by atoms with Crippen LogP contribution in [0.5, 0.6) is 0 Å². The zero-order valence-electron chi connectivity index (χ0n) is 15.3. The number of thiophene rings is 1. The van der Waals surface area contributed by atoms with Crippen LogP contribution in [0, 0.1) is 6.92 Å². The fourth-order valence-electron chi connectivity index (χ4n) is 2.59. The van der Waals surface area contributed by atoms with E-state index in [9.17, 15) is 9.59 Å². The quantitative estimate of drug-likeness (QED) is 0.598. The van der Waals surface area contributed by atoms with Gasteiger partial charge in [-0.25, -0.2) is 0 Å². The molecule has 2 heterocycles. The van der Waals surface area contributed by atoms with Crippen LogP contribution in [0.1, 0.15) is 31.4 Å². The molecule has 1 N–H and O–H groups in total. The lowest BCUT2D eigenvalue weighted by Crippen LogP contribution is -2.25. The minimum Gasteiger partial charge on any atom is -0.459 e. The van der Waals surface area contributed by atoms with E-state index in [1.807, 2.05) is 25.3 Å². The molecule has 0 bridgehead atoms. The van der Waals surface area contributed by atoms with Gasteiger partial charge in [0.05, 0.1) is 16.1 Å². The van der Waals surface area contributed by atoms with Crippen LogP contribution in [0.25, 0.3) is 0 Å². The summed E-state index contributed by atoms with van der Waals surface area (Å²) in [5, 5.41) is 3.39. The number of nitrogens with zero attached hydrogens (tertiary/aromatic N) is 1. The van der Waals surface area contributed by atoms with Crippen LogP contribution < -0.4 is 5.32 Å². The van der Waals surface area contributed by atoms with Gasteiger partial charge in [-0.2, -0.15) is 0 Å². The molecule has 0 atom stereocenters. The van der Waals surface area contributed by atoms with Crippen LogP contribution in [0.15, 0.2) is 58.0 Å². The number of aryl methyl sites for hydroxylation is 1. The first-order chi connectivity index (χ1) is 13.0. The molecule has 0 aliphatic rings. The van der Waals surface area contributed by atoms with Gasteiger partial charge in [-0.15, -0.1) is 23.1 Å². The van der Waals surface area contributed by atoms with Crippen LogP contribution in [0.2, 0.25) is 0 Å². The van der Waals surface area contributed by atoms with Crippen molar-refractivity contribution in [1.29, 1.82) is 0 Å². The lowest BCUT2D eigenvalue weighted by atomic mass is 10.2. The SMILES string of the molecule is CSc1ccc(CN(C)C(=O)c2sc(NC(=O)c3ccco3)cc2C)cc1. The summed E-state index contributed by atoms with van der Waals surface area (Å²) < 4.78 is 5.09. The summed E-state index contributed by atoms with van der Waals surface area (Å²) >= 11 is 2.96. The number of carbonyl (C=O) groups is 2. The second-order valence-electron chi connectivity index (χ2n) is 6.06. The Morgan fingerprint density at radius 1 is 1.22 bits per heavy atom. The van der Waals surface area contributed by atoms with Crippen LogP contribution >= 0.6 is 23.1 Å². The molecule has 0 aliphatic heterocycles. The lowest BCUT2D eigenvalue weighted by molar-refractivity contribution is 0.0789. The van der Waals surface area contributed by atoms with Gasteiger partial charge < -0.3 is 14.6 Å². The number of hydrogen-bond donors (Lipinski definition) is 1. The molecule has 2 aromatic heterocycles. The van der Waals surface area contributed by atoms with E-state index >= 15 is 0 Å². The number of benzene rings is 1. The molecule has 27 heavy (non-hydrogen) atoms. The molecule has 3 rings (SSSR count). The monoisotopic (exact) mass is 400 g/mol. The number of rotatable bonds is 6. The molecular weight excluding hydrogens is 380 g/mol. The third-order valence-electron chi connectivity index (χ3n) is 4.02. The van der Waals surface area contributed by atoms with Crippen molar-refractivity contribution in [3.63, 3.8) is 0 Å². The molecule has 0 aliphatic carbocycles. The van der Waals surface area contributed by atoms with Crippen LogP contribution in [0.3, 0.4) is 0 Å². The fraction of sp³-hybridized carbons (Fsp3) is 0.200. The summed E-state index contributed by atoms with van der Waals surface area (Å²) in [4.78, 5) is 28.4. The molecule has 7 heteroatoms. The summed E-state index contributed by atoms with van der Waals surface area (Å²) in [7, 11) is 1.78. The molecule has 0 unspecified atom stereocenters. The first kappa shape index (κ1) is 19.3. The standard InChI is InChI=1S/C20H20N2O3S2/c1-13-11-17(21-19(23)16-5-4-10-25-16)27-18(13)20(24)22(2)12-14-6-8-15(26-3)9-7-14/h4-11H,12H2,1-3H3,(H,21,23). The lowest BCUT2D eigenvalue weighted by Gasteiger charge is -2.17. The van der Waals surface area contributed by atoms with Crippen molar-refractivity contribution in [2.45, 2.75) is 18.4 Å². The average molecular weight is 401 g/mol. The number of furan rings is 1. The Balaban J connectivity index is 1.68. The summed E-state index contributed by atoms with van der Waals surface area (Å²) in [6.45, 7) is 2.40. The maximum Gasteiger partial charge on any atom is 0.291 e. The van der Waals surface area contributed by atoms with Crippen molar-refractivity contribution >= 4 is 39.9 Å². The molecule has 140 valence electrons. The highest BCUT2D eigenvalue weighted by molar-refractivity contribution is 7.98. The van der Waals surface area contributed by atoms with Crippen LogP contribution in [-0.4, -0.2) is 30.0 Å². The minimum absolute atomic E-state index is 0.0649. The highest BCUT2D eigenvalue weighted by Gasteiger charge is 2.19. The largest absolute Gasteiger partial charge is 0.459 e. The number of anilines is 1. The fourth-order valence-corrected chi connectivity index (χ4v) is 4.06. The average Bonchev–Trinajstić information content (AvgIpc) is 3.31. The third kappa shape index (κ3) is 4.61. The van der Waals surface area contributed by atoms with E-state index in [1.54, 1.807) is 41.9 Å². The van der Waals surface area contributed by atoms with Gasteiger partial charge in [0.2, 0.25) is 0 Å². The Morgan fingerprint density at radius 2 is 1.96 bits per heavy atom. The summed E-state index contributed by atoms with van der Waals surface area (Å²) in [6, 6.07) is 13.2. The smallest absolute Gasteiger partial charge is 0.291 e. The van der Waals surface area contributed by atoms with Gasteiger partial charge in [0.25, 0.3) is 11.8 Å². The van der Waals surface area contributed by atoms with E-state index < -0.39 is 0 Å². The molecular formula is C20H20N2O3S2. The van der Waals surface area contributed by atoms with E-state index in [0.29, 0.717) is 16.4 Å². The normalized spacial score (nSPS) is 10.6. The molecule has 1 aromatic carbocycles. The van der Waals surface area contributed by atoms with Crippen molar-refractivity contribution in [2.75, 3.05) is 18.6 Å².